The van der Waals surface area contributed by atoms with Crippen molar-refractivity contribution in [1.82, 2.24) is 5.01 Å². The molecular weight excluding hydrogens is 434 g/mol. The Morgan fingerprint density at radius 3 is 2.30 bits per heavy atom. The summed E-state index contributed by atoms with van der Waals surface area (Å²) in [6.45, 7) is 0. The van der Waals surface area contributed by atoms with Gasteiger partial charge in [0.15, 0.2) is 0 Å². The lowest BCUT2D eigenvalue weighted by Gasteiger charge is -2.25. The molecule has 0 saturated carbocycles. The molecule has 1 atom stereocenters. The molecule has 7 heteroatoms. The van der Waals surface area contributed by atoms with Crippen molar-refractivity contribution in [3.63, 3.8) is 0 Å². The number of thiocarbonyl (C=S) groups is 1. The second kappa shape index (κ2) is 10.2. The molecule has 6 nitrogen and oxygen atoms in total. The van der Waals surface area contributed by atoms with Gasteiger partial charge >= 0.3 is 0 Å². The highest BCUT2D eigenvalue weighted by atomic mass is 32.1. The van der Waals surface area contributed by atoms with Gasteiger partial charge in [-0.05, 0) is 47.5 Å². The van der Waals surface area contributed by atoms with E-state index in [1.807, 2.05) is 60.7 Å². The van der Waals surface area contributed by atoms with Gasteiger partial charge in [0.05, 0.1) is 25.4 Å². The number of para-hydroxylation sites is 1. The maximum atomic E-state index is 13.3. The van der Waals surface area contributed by atoms with Gasteiger partial charge in [0.2, 0.25) is 5.91 Å². The lowest BCUT2D eigenvalue weighted by Crippen LogP contribution is -2.42. The van der Waals surface area contributed by atoms with Gasteiger partial charge in [-0.1, -0.05) is 60.7 Å². The third kappa shape index (κ3) is 5.15. The summed E-state index contributed by atoms with van der Waals surface area (Å²) in [7, 11) is 1.61. The molecule has 1 aliphatic heterocycles. The van der Waals surface area contributed by atoms with Crippen LogP contribution in [0.15, 0.2) is 90.0 Å². The fraction of sp³-hybridized carbons (Fsp3) is 0.154. The summed E-state index contributed by atoms with van der Waals surface area (Å²) in [6.07, 6.45) is 2.07. The number of hydrogen-bond donors (Lipinski definition) is 0. The Labute approximate surface area is 198 Å². The van der Waals surface area contributed by atoms with Crippen LogP contribution in [0.5, 0.6) is 5.75 Å². The number of anilines is 1. The Morgan fingerprint density at radius 2 is 1.67 bits per heavy atom. The average Bonchev–Trinajstić information content (AvgIpc) is 3.14. The summed E-state index contributed by atoms with van der Waals surface area (Å²) in [4.78, 5) is 27.8. The topological polar surface area (TPSA) is 62.2 Å². The van der Waals surface area contributed by atoms with Gasteiger partial charge in [-0.2, -0.15) is 5.10 Å². The lowest BCUT2D eigenvalue weighted by atomic mass is 10.1. The molecular formula is C26H23N3O3S. The summed E-state index contributed by atoms with van der Waals surface area (Å²) in [5.41, 5.74) is 2.37. The van der Waals surface area contributed by atoms with E-state index >= 15 is 0 Å². The molecule has 1 unspecified atom stereocenters. The van der Waals surface area contributed by atoms with Gasteiger partial charge in [0, 0.05) is 6.42 Å². The van der Waals surface area contributed by atoms with E-state index in [0.29, 0.717) is 17.1 Å². The number of hydrazone groups is 1. The fourth-order valence-electron chi connectivity index (χ4n) is 3.64. The minimum atomic E-state index is -0.802. The molecule has 0 bridgehead atoms. The van der Waals surface area contributed by atoms with Crippen molar-refractivity contribution in [3.8, 4) is 5.75 Å². The molecule has 166 valence electrons. The van der Waals surface area contributed by atoms with Crippen molar-refractivity contribution >= 4 is 40.9 Å². The summed E-state index contributed by atoms with van der Waals surface area (Å²) in [5.74, 6) is 0.121. The first kappa shape index (κ1) is 22.4. The number of methoxy groups -OCH3 is 1. The van der Waals surface area contributed by atoms with Crippen LogP contribution in [-0.4, -0.2) is 41.2 Å². The third-order valence-corrected chi connectivity index (χ3v) is 5.66. The van der Waals surface area contributed by atoms with Crippen molar-refractivity contribution in [2.75, 3.05) is 12.0 Å². The second-order valence-electron chi connectivity index (χ2n) is 7.54. The zero-order chi connectivity index (χ0) is 23.2. The van der Waals surface area contributed by atoms with E-state index in [-0.39, 0.29) is 18.2 Å². The van der Waals surface area contributed by atoms with Crippen molar-refractivity contribution in [3.05, 3.63) is 96.1 Å². The van der Waals surface area contributed by atoms with Crippen LogP contribution in [0.3, 0.4) is 0 Å². The van der Waals surface area contributed by atoms with Crippen LogP contribution in [-0.2, 0) is 16.0 Å². The Balaban J connectivity index is 1.62. The Kier molecular flexibility index (Phi) is 6.90. The highest BCUT2D eigenvalue weighted by molar-refractivity contribution is 7.80. The second-order valence-corrected chi connectivity index (χ2v) is 8.01. The predicted molar refractivity (Wildman–Crippen MR) is 133 cm³/mol. The van der Waals surface area contributed by atoms with Gasteiger partial charge in [0.1, 0.15) is 16.8 Å². The van der Waals surface area contributed by atoms with Gasteiger partial charge in [-0.15, -0.1) is 0 Å². The van der Waals surface area contributed by atoms with Crippen LogP contribution >= 0.6 is 12.2 Å². The van der Waals surface area contributed by atoms with Crippen LogP contribution < -0.4 is 9.64 Å². The van der Waals surface area contributed by atoms with E-state index in [1.165, 1.54) is 9.91 Å². The molecule has 1 heterocycles. The molecule has 1 aliphatic rings. The molecule has 0 aromatic heterocycles. The number of hydrogen-bond acceptors (Lipinski definition) is 5. The molecule has 0 radical (unpaired) electrons. The summed E-state index contributed by atoms with van der Waals surface area (Å²) in [5, 5.41) is 6.08. The van der Waals surface area contributed by atoms with Crippen LogP contribution in [0.1, 0.15) is 17.5 Å². The zero-order valence-electron chi connectivity index (χ0n) is 18.1. The maximum Gasteiger partial charge on any atom is 0.259 e. The minimum Gasteiger partial charge on any atom is -0.497 e. The molecule has 4 rings (SSSR count). The van der Waals surface area contributed by atoms with Crippen LogP contribution in [0.2, 0.25) is 0 Å². The number of nitrogens with zero attached hydrogens (tertiary/aromatic N) is 3. The first-order valence-electron chi connectivity index (χ1n) is 10.5. The third-order valence-electron chi connectivity index (χ3n) is 5.33. The van der Waals surface area contributed by atoms with Crippen LogP contribution in [0.4, 0.5) is 5.69 Å². The molecule has 33 heavy (non-hydrogen) atoms. The van der Waals surface area contributed by atoms with Gasteiger partial charge in [-0.3, -0.25) is 9.59 Å². The molecule has 3 aromatic carbocycles. The normalized spacial score (nSPS) is 15.8. The SMILES string of the molecule is COc1ccc(C=NN(C(=S)Cc2ccccc2)C2CC(=O)N(c3ccccc3)C2=O)cc1. The highest BCUT2D eigenvalue weighted by Crippen LogP contribution is 2.26. The highest BCUT2D eigenvalue weighted by Gasteiger charge is 2.43. The first-order chi connectivity index (χ1) is 16.1. The van der Waals surface area contributed by atoms with E-state index in [4.69, 9.17) is 17.0 Å². The lowest BCUT2D eigenvalue weighted by molar-refractivity contribution is -0.122. The largest absolute Gasteiger partial charge is 0.497 e. The van der Waals surface area contributed by atoms with Crippen molar-refractivity contribution in [1.29, 1.82) is 0 Å². The summed E-state index contributed by atoms with van der Waals surface area (Å²) in [6, 6.07) is 25.2. The fourth-order valence-corrected chi connectivity index (χ4v) is 3.99. The monoisotopic (exact) mass is 457 g/mol. The van der Waals surface area contributed by atoms with Crippen molar-refractivity contribution in [2.45, 2.75) is 18.9 Å². The van der Waals surface area contributed by atoms with Gasteiger partial charge in [-0.25, -0.2) is 9.91 Å². The van der Waals surface area contributed by atoms with Crippen LogP contribution in [0, 0.1) is 0 Å². The summed E-state index contributed by atoms with van der Waals surface area (Å²) < 4.78 is 5.20. The average molecular weight is 458 g/mol. The standard InChI is InChI=1S/C26H23N3O3S/c1-32-22-14-12-20(13-15-22)18-27-29(25(33)16-19-8-4-2-5-9-19)23-17-24(30)28(26(23)31)21-10-6-3-7-11-21/h2-15,18,23H,16-17H2,1H3. The first-order valence-corrected chi connectivity index (χ1v) is 10.9. The number of imide groups is 1. The number of amides is 2. The molecule has 0 aliphatic carbocycles. The number of benzene rings is 3. The Morgan fingerprint density at radius 1 is 1.03 bits per heavy atom. The Bertz CT molecular complexity index is 1160. The minimum absolute atomic E-state index is 0.00259. The van der Waals surface area contributed by atoms with E-state index < -0.39 is 6.04 Å². The molecule has 0 N–H and O–H groups in total. The van der Waals surface area contributed by atoms with Crippen LogP contribution in [0.25, 0.3) is 0 Å². The molecule has 0 spiro atoms. The number of carbonyl (C=O) groups excluding carboxylic acids is 2. The quantitative estimate of drug-likeness (QED) is 0.230. The molecule has 3 aromatic rings. The molecule has 1 saturated heterocycles. The van der Waals surface area contributed by atoms with E-state index in [9.17, 15) is 9.59 Å². The van der Waals surface area contributed by atoms with Gasteiger partial charge < -0.3 is 4.74 Å². The Hall–Kier alpha value is -3.84. The predicted octanol–water partition coefficient (Wildman–Crippen LogP) is 4.23. The smallest absolute Gasteiger partial charge is 0.259 e. The maximum absolute atomic E-state index is 13.3. The molecule has 1 fully saturated rings. The van der Waals surface area contributed by atoms with E-state index in [0.717, 1.165) is 16.9 Å². The van der Waals surface area contributed by atoms with Crippen molar-refractivity contribution in [2.24, 2.45) is 5.10 Å². The number of rotatable bonds is 7. The molecule has 2 amide bonds. The van der Waals surface area contributed by atoms with Gasteiger partial charge in [0.25, 0.3) is 5.91 Å². The van der Waals surface area contributed by atoms with E-state index in [2.05, 4.69) is 5.10 Å². The number of ether oxygens (including phenoxy) is 1. The summed E-state index contributed by atoms with van der Waals surface area (Å²) >= 11 is 5.71. The number of carbonyl (C=O) groups is 2. The van der Waals surface area contributed by atoms with Crippen molar-refractivity contribution < 1.29 is 14.3 Å². The zero-order valence-corrected chi connectivity index (χ0v) is 18.9. The van der Waals surface area contributed by atoms with E-state index in [1.54, 1.807) is 37.6 Å².